The van der Waals surface area contributed by atoms with Crippen LogP contribution in [0.3, 0.4) is 0 Å². The molecular formula is C15H28N4O. The highest BCUT2D eigenvalue weighted by Crippen LogP contribution is 2.18. The smallest absolute Gasteiger partial charge is 0.269 e. The second-order valence-electron chi connectivity index (χ2n) is 5.23. The molecule has 1 aromatic heterocycles. The van der Waals surface area contributed by atoms with Crippen LogP contribution < -0.4 is 11.5 Å². The molecule has 1 rings (SSSR count). The Labute approximate surface area is 121 Å². The minimum absolute atomic E-state index is 0.327. The van der Waals surface area contributed by atoms with Gasteiger partial charge in [0.1, 0.15) is 0 Å². The molecule has 0 radical (unpaired) electrons. The van der Waals surface area contributed by atoms with Crippen LogP contribution in [0.15, 0.2) is 0 Å². The van der Waals surface area contributed by atoms with Gasteiger partial charge in [0, 0.05) is 24.3 Å². The zero-order chi connectivity index (χ0) is 15.0. The summed E-state index contributed by atoms with van der Waals surface area (Å²) in [5.41, 5.74) is 13.5. The summed E-state index contributed by atoms with van der Waals surface area (Å²) < 4.78 is 1.95. The van der Waals surface area contributed by atoms with Crippen molar-refractivity contribution in [3.05, 3.63) is 17.0 Å². The molecule has 4 N–H and O–H groups in total. The fraction of sp³-hybridized carbons (Fsp3) is 0.733. The monoisotopic (exact) mass is 280 g/mol. The molecule has 5 heteroatoms. The Morgan fingerprint density at radius 1 is 1.15 bits per heavy atom. The van der Waals surface area contributed by atoms with E-state index < -0.39 is 5.91 Å². The fourth-order valence-corrected chi connectivity index (χ4v) is 2.47. The molecule has 0 unspecified atom stereocenters. The number of nitrogens with two attached hydrogens (primary N) is 2. The number of carbonyl (C=O) groups is 1. The minimum Gasteiger partial charge on any atom is -0.364 e. The number of aromatic nitrogens is 2. The molecule has 1 aromatic rings. The lowest BCUT2D eigenvalue weighted by atomic mass is 10.1. The van der Waals surface area contributed by atoms with Crippen LogP contribution in [0, 0.1) is 0 Å². The molecule has 0 aromatic carbocycles. The molecular weight excluding hydrogens is 252 g/mol. The van der Waals surface area contributed by atoms with Crippen LogP contribution in [-0.4, -0.2) is 15.7 Å². The molecule has 0 saturated heterocycles. The topological polar surface area (TPSA) is 86.9 Å². The molecule has 1 heterocycles. The van der Waals surface area contributed by atoms with Crippen LogP contribution in [0.25, 0.3) is 0 Å². The van der Waals surface area contributed by atoms with E-state index in [1.54, 1.807) is 0 Å². The summed E-state index contributed by atoms with van der Waals surface area (Å²) in [7, 11) is 0. The third-order valence-electron chi connectivity index (χ3n) is 3.59. The van der Waals surface area contributed by atoms with E-state index in [0.717, 1.165) is 43.5 Å². The van der Waals surface area contributed by atoms with Crippen LogP contribution in [0.1, 0.15) is 74.1 Å². The summed E-state index contributed by atoms with van der Waals surface area (Å²) in [5.74, 6) is -0.476. The van der Waals surface area contributed by atoms with Crippen molar-refractivity contribution in [1.29, 1.82) is 0 Å². The molecule has 0 aliphatic rings. The van der Waals surface area contributed by atoms with Crippen molar-refractivity contribution in [3.8, 4) is 0 Å². The van der Waals surface area contributed by atoms with Crippen molar-refractivity contribution in [3.63, 3.8) is 0 Å². The molecule has 0 bridgehead atoms. The van der Waals surface area contributed by atoms with Crippen molar-refractivity contribution in [2.45, 2.75) is 71.9 Å². The second-order valence-corrected chi connectivity index (χ2v) is 5.23. The SMILES string of the molecule is CCCCCc1c(CN)c(C(N)=O)nn1CCCCC. The highest BCUT2D eigenvalue weighted by molar-refractivity contribution is 5.92. The molecule has 0 atom stereocenters. The largest absolute Gasteiger partial charge is 0.364 e. The summed E-state index contributed by atoms with van der Waals surface area (Å²) in [6.07, 6.45) is 7.77. The van der Waals surface area contributed by atoms with Crippen molar-refractivity contribution in [1.82, 2.24) is 9.78 Å². The average Bonchev–Trinajstić information content (AvgIpc) is 2.78. The molecule has 0 spiro atoms. The van der Waals surface area contributed by atoms with Crippen molar-refractivity contribution in [2.24, 2.45) is 11.5 Å². The summed E-state index contributed by atoms with van der Waals surface area (Å²) >= 11 is 0. The summed E-state index contributed by atoms with van der Waals surface area (Å²) in [6, 6.07) is 0. The summed E-state index contributed by atoms with van der Waals surface area (Å²) in [5, 5.41) is 4.39. The van der Waals surface area contributed by atoms with Crippen LogP contribution in [0.4, 0.5) is 0 Å². The number of carbonyl (C=O) groups excluding carboxylic acids is 1. The van der Waals surface area contributed by atoms with E-state index >= 15 is 0 Å². The summed E-state index contributed by atoms with van der Waals surface area (Å²) in [6.45, 7) is 5.52. The Morgan fingerprint density at radius 3 is 2.35 bits per heavy atom. The van der Waals surface area contributed by atoms with Crippen molar-refractivity contribution >= 4 is 5.91 Å². The third kappa shape index (κ3) is 4.34. The molecule has 20 heavy (non-hydrogen) atoms. The van der Waals surface area contributed by atoms with Gasteiger partial charge in [-0.3, -0.25) is 9.48 Å². The lowest BCUT2D eigenvalue weighted by Gasteiger charge is -2.08. The molecule has 1 amide bonds. The Kier molecular flexibility index (Phi) is 7.30. The van der Waals surface area contributed by atoms with Gasteiger partial charge < -0.3 is 11.5 Å². The van der Waals surface area contributed by atoms with E-state index in [1.807, 2.05) is 4.68 Å². The zero-order valence-electron chi connectivity index (χ0n) is 12.8. The van der Waals surface area contributed by atoms with Gasteiger partial charge in [0.2, 0.25) is 0 Å². The van der Waals surface area contributed by atoms with E-state index in [1.165, 1.54) is 19.3 Å². The molecule has 0 saturated carbocycles. The molecule has 0 aliphatic heterocycles. The van der Waals surface area contributed by atoms with Crippen LogP contribution in [0.2, 0.25) is 0 Å². The van der Waals surface area contributed by atoms with Crippen LogP contribution in [0.5, 0.6) is 0 Å². The maximum absolute atomic E-state index is 11.5. The minimum atomic E-state index is -0.476. The van der Waals surface area contributed by atoms with Crippen molar-refractivity contribution in [2.75, 3.05) is 0 Å². The number of amides is 1. The number of unbranched alkanes of at least 4 members (excludes halogenated alkanes) is 4. The predicted molar refractivity (Wildman–Crippen MR) is 81.4 cm³/mol. The second kappa shape index (κ2) is 8.74. The number of rotatable bonds is 10. The average molecular weight is 280 g/mol. The van der Waals surface area contributed by atoms with Crippen LogP contribution >= 0.6 is 0 Å². The Bertz CT molecular complexity index is 426. The maximum atomic E-state index is 11.5. The normalized spacial score (nSPS) is 10.9. The van der Waals surface area contributed by atoms with E-state index in [4.69, 9.17) is 11.5 Å². The van der Waals surface area contributed by atoms with Crippen molar-refractivity contribution < 1.29 is 4.79 Å². The first-order valence-corrected chi connectivity index (χ1v) is 7.74. The summed E-state index contributed by atoms with van der Waals surface area (Å²) in [4.78, 5) is 11.5. The third-order valence-corrected chi connectivity index (χ3v) is 3.59. The van der Waals surface area contributed by atoms with Gasteiger partial charge in [-0.1, -0.05) is 39.5 Å². The number of aryl methyl sites for hydroxylation is 1. The zero-order valence-corrected chi connectivity index (χ0v) is 12.8. The Hall–Kier alpha value is -1.36. The fourth-order valence-electron chi connectivity index (χ4n) is 2.47. The maximum Gasteiger partial charge on any atom is 0.269 e. The first-order chi connectivity index (χ1) is 9.65. The van der Waals surface area contributed by atoms with Gasteiger partial charge in [-0.2, -0.15) is 5.10 Å². The van der Waals surface area contributed by atoms with Gasteiger partial charge in [-0.15, -0.1) is 0 Å². The molecule has 114 valence electrons. The molecule has 0 aliphatic carbocycles. The molecule has 5 nitrogen and oxygen atoms in total. The van der Waals surface area contributed by atoms with Gasteiger partial charge in [-0.05, 0) is 19.3 Å². The lowest BCUT2D eigenvalue weighted by molar-refractivity contribution is 0.0994. The highest BCUT2D eigenvalue weighted by atomic mass is 16.1. The van der Waals surface area contributed by atoms with Gasteiger partial charge in [-0.25, -0.2) is 0 Å². The first kappa shape index (κ1) is 16.7. The van der Waals surface area contributed by atoms with E-state index in [2.05, 4.69) is 18.9 Å². The number of hydrogen-bond donors (Lipinski definition) is 2. The Balaban J connectivity index is 2.95. The first-order valence-electron chi connectivity index (χ1n) is 7.74. The number of primary amides is 1. The standard InChI is InChI=1S/C15H28N4O/c1-3-5-7-9-13-12(11-16)14(15(17)20)18-19(13)10-8-6-4-2/h3-11,16H2,1-2H3,(H2,17,20). The van der Waals surface area contributed by atoms with Gasteiger partial charge in [0.05, 0.1) is 0 Å². The predicted octanol–water partition coefficient (Wildman–Crippen LogP) is 2.36. The number of nitrogens with zero attached hydrogens (tertiary/aromatic N) is 2. The number of hydrogen-bond acceptors (Lipinski definition) is 3. The van der Waals surface area contributed by atoms with Crippen LogP contribution in [-0.2, 0) is 19.5 Å². The Morgan fingerprint density at radius 2 is 1.80 bits per heavy atom. The lowest BCUT2D eigenvalue weighted by Crippen LogP contribution is -2.15. The highest BCUT2D eigenvalue weighted by Gasteiger charge is 2.19. The van der Waals surface area contributed by atoms with E-state index in [9.17, 15) is 4.79 Å². The quantitative estimate of drug-likeness (QED) is 0.645. The molecule has 0 fully saturated rings. The van der Waals surface area contributed by atoms with Gasteiger partial charge in [0.25, 0.3) is 5.91 Å². The van der Waals surface area contributed by atoms with E-state index in [0.29, 0.717) is 12.2 Å². The van der Waals surface area contributed by atoms with Gasteiger partial charge >= 0.3 is 0 Å². The van der Waals surface area contributed by atoms with Gasteiger partial charge in [0.15, 0.2) is 5.69 Å². The van der Waals surface area contributed by atoms with E-state index in [-0.39, 0.29) is 0 Å².